The molecule has 1 aromatic heterocycles. The van der Waals surface area contributed by atoms with Gasteiger partial charge in [0.1, 0.15) is 11.5 Å². The molecule has 0 spiro atoms. The van der Waals surface area contributed by atoms with Gasteiger partial charge in [-0.2, -0.15) is 4.98 Å². The average molecular weight is 311 g/mol. The number of ether oxygens (including phenoxy) is 2. The van der Waals surface area contributed by atoms with E-state index in [0.717, 1.165) is 22.6 Å². The van der Waals surface area contributed by atoms with E-state index in [9.17, 15) is 0 Å². The zero-order chi connectivity index (χ0) is 16.1. The third kappa shape index (κ3) is 3.60. The van der Waals surface area contributed by atoms with E-state index in [1.807, 2.05) is 48.5 Å². The number of rotatable bonds is 6. The highest BCUT2D eigenvalue weighted by atomic mass is 16.5. The lowest BCUT2D eigenvalue weighted by molar-refractivity contribution is 0.414. The summed E-state index contributed by atoms with van der Waals surface area (Å²) in [5.41, 5.74) is 1.93. The second kappa shape index (κ2) is 6.83. The van der Waals surface area contributed by atoms with Gasteiger partial charge in [-0.3, -0.25) is 0 Å². The van der Waals surface area contributed by atoms with Gasteiger partial charge in [-0.25, -0.2) is 0 Å². The molecule has 0 fully saturated rings. The predicted molar refractivity (Wildman–Crippen MR) is 86.6 cm³/mol. The van der Waals surface area contributed by atoms with Crippen molar-refractivity contribution in [3.63, 3.8) is 0 Å². The molecule has 0 aliphatic rings. The number of anilines is 1. The standard InChI is InChI=1S/C17H17N3O3/c1-21-14-8-6-12(7-9-14)11-18-17-19-16(20-23-17)13-4-3-5-15(10-13)22-2/h3-10H,11H2,1-2H3,(H,18,19,20). The maximum absolute atomic E-state index is 5.22. The van der Waals surface area contributed by atoms with E-state index in [-0.39, 0.29) is 0 Å². The van der Waals surface area contributed by atoms with Gasteiger partial charge in [-0.15, -0.1) is 0 Å². The Hall–Kier alpha value is -3.02. The number of aromatic nitrogens is 2. The molecule has 1 heterocycles. The van der Waals surface area contributed by atoms with Gasteiger partial charge in [-0.1, -0.05) is 29.4 Å². The average Bonchev–Trinajstić information content (AvgIpc) is 3.09. The van der Waals surface area contributed by atoms with E-state index in [4.69, 9.17) is 14.0 Å². The molecule has 6 heteroatoms. The first-order valence-electron chi connectivity index (χ1n) is 7.13. The Morgan fingerprint density at radius 2 is 1.78 bits per heavy atom. The number of nitrogens with one attached hydrogen (secondary N) is 1. The Labute approximate surface area is 134 Å². The molecule has 0 amide bonds. The molecule has 0 aliphatic carbocycles. The number of nitrogens with zero attached hydrogens (tertiary/aromatic N) is 2. The van der Waals surface area contributed by atoms with Crippen LogP contribution in [0.25, 0.3) is 11.4 Å². The van der Waals surface area contributed by atoms with Gasteiger partial charge >= 0.3 is 6.01 Å². The number of methoxy groups -OCH3 is 2. The Morgan fingerprint density at radius 1 is 1.00 bits per heavy atom. The normalized spacial score (nSPS) is 10.3. The first-order valence-corrected chi connectivity index (χ1v) is 7.13. The minimum absolute atomic E-state index is 0.374. The molecule has 1 N–H and O–H groups in total. The molecule has 0 aliphatic heterocycles. The summed E-state index contributed by atoms with van der Waals surface area (Å²) in [6.07, 6.45) is 0. The van der Waals surface area contributed by atoms with Crippen LogP contribution in [0.2, 0.25) is 0 Å². The van der Waals surface area contributed by atoms with Crippen LogP contribution in [0.1, 0.15) is 5.56 Å². The molecule has 0 unspecified atom stereocenters. The molecule has 3 aromatic rings. The Kier molecular flexibility index (Phi) is 4.42. The van der Waals surface area contributed by atoms with Crippen LogP contribution in [0.15, 0.2) is 53.1 Å². The minimum Gasteiger partial charge on any atom is -0.497 e. The fraction of sp³-hybridized carbons (Fsp3) is 0.176. The van der Waals surface area contributed by atoms with Gasteiger partial charge in [0.15, 0.2) is 0 Å². The first kappa shape index (κ1) is 14.9. The molecule has 118 valence electrons. The summed E-state index contributed by atoms with van der Waals surface area (Å²) in [6.45, 7) is 0.587. The molecular weight excluding hydrogens is 294 g/mol. The summed E-state index contributed by atoms with van der Waals surface area (Å²) in [4.78, 5) is 4.34. The summed E-state index contributed by atoms with van der Waals surface area (Å²) in [5, 5.41) is 7.08. The summed E-state index contributed by atoms with van der Waals surface area (Å²) in [5.74, 6) is 2.09. The van der Waals surface area contributed by atoms with Gasteiger partial charge in [-0.05, 0) is 29.8 Å². The van der Waals surface area contributed by atoms with Crippen molar-refractivity contribution in [1.29, 1.82) is 0 Å². The molecule has 23 heavy (non-hydrogen) atoms. The number of benzene rings is 2. The molecule has 6 nitrogen and oxygen atoms in total. The topological polar surface area (TPSA) is 69.4 Å². The quantitative estimate of drug-likeness (QED) is 0.752. The highest BCUT2D eigenvalue weighted by Gasteiger charge is 2.09. The second-order valence-electron chi connectivity index (χ2n) is 4.86. The van der Waals surface area contributed by atoms with E-state index in [0.29, 0.717) is 18.4 Å². The van der Waals surface area contributed by atoms with Crippen molar-refractivity contribution in [1.82, 2.24) is 10.1 Å². The SMILES string of the molecule is COc1ccc(CNc2nc(-c3cccc(OC)c3)no2)cc1. The lowest BCUT2D eigenvalue weighted by Crippen LogP contribution is -1.99. The van der Waals surface area contributed by atoms with Gasteiger partial charge in [0, 0.05) is 12.1 Å². The molecule has 2 aromatic carbocycles. The van der Waals surface area contributed by atoms with Crippen LogP contribution < -0.4 is 14.8 Å². The molecule has 0 atom stereocenters. The van der Waals surface area contributed by atoms with Crippen molar-refractivity contribution in [3.05, 3.63) is 54.1 Å². The monoisotopic (exact) mass is 311 g/mol. The van der Waals surface area contributed by atoms with E-state index in [1.54, 1.807) is 14.2 Å². The third-order valence-electron chi connectivity index (χ3n) is 3.36. The van der Waals surface area contributed by atoms with Gasteiger partial charge in [0.05, 0.1) is 14.2 Å². The zero-order valence-corrected chi connectivity index (χ0v) is 12.9. The van der Waals surface area contributed by atoms with E-state index in [1.165, 1.54) is 0 Å². The summed E-state index contributed by atoms with van der Waals surface area (Å²) >= 11 is 0. The zero-order valence-electron chi connectivity index (χ0n) is 12.9. The van der Waals surface area contributed by atoms with Crippen molar-refractivity contribution in [3.8, 4) is 22.9 Å². The smallest absolute Gasteiger partial charge is 0.322 e. The Balaban J connectivity index is 1.66. The van der Waals surface area contributed by atoms with Crippen molar-refractivity contribution in [2.24, 2.45) is 0 Å². The van der Waals surface area contributed by atoms with Crippen LogP contribution in [0.3, 0.4) is 0 Å². The summed E-state index contributed by atoms with van der Waals surface area (Å²) in [7, 11) is 3.27. The number of hydrogen-bond donors (Lipinski definition) is 1. The van der Waals surface area contributed by atoms with Crippen molar-refractivity contribution < 1.29 is 14.0 Å². The predicted octanol–water partition coefficient (Wildman–Crippen LogP) is 3.37. The Bertz CT molecular complexity index is 769. The molecule has 0 radical (unpaired) electrons. The van der Waals surface area contributed by atoms with Crippen LogP contribution in [0, 0.1) is 0 Å². The molecular formula is C17H17N3O3. The van der Waals surface area contributed by atoms with Crippen LogP contribution in [-0.4, -0.2) is 24.4 Å². The first-order chi connectivity index (χ1) is 11.3. The van der Waals surface area contributed by atoms with E-state index >= 15 is 0 Å². The summed E-state index contributed by atoms with van der Waals surface area (Å²) < 4.78 is 15.5. The molecule has 3 rings (SSSR count). The molecule has 0 bridgehead atoms. The number of hydrogen-bond acceptors (Lipinski definition) is 6. The maximum Gasteiger partial charge on any atom is 0.322 e. The van der Waals surface area contributed by atoms with Crippen molar-refractivity contribution in [2.45, 2.75) is 6.54 Å². The largest absolute Gasteiger partial charge is 0.497 e. The van der Waals surface area contributed by atoms with Crippen molar-refractivity contribution in [2.75, 3.05) is 19.5 Å². The van der Waals surface area contributed by atoms with E-state index in [2.05, 4.69) is 15.5 Å². The fourth-order valence-electron chi connectivity index (χ4n) is 2.10. The van der Waals surface area contributed by atoms with Gasteiger partial charge in [0.2, 0.25) is 5.82 Å². The highest BCUT2D eigenvalue weighted by molar-refractivity contribution is 5.57. The maximum atomic E-state index is 5.22. The fourth-order valence-corrected chi connectivity index (χ4v) is 2.10. The Morgan fingerprint density at radius 3 is 2.52 bits per heavy atom. The lowest BCUT2D eigenvalue weighted by Gasteiger charge is -2.03. The third-order valence-corrected chi connectivity index (χ3v) is 3.36. The van der Waals surface area contributed by atoms with Crippen LogP contribution in [0.5, 0.6) is 11.5 Å². The highest BCUT2D eigenvalue weighted by Crippen LogP contribution is 2.22. The molecule has 0 saturated heterocycles. The van der Waals surface area contributed by atoms with Gasteiger partial charge < -0.3 is 19.3 Å². The van der Waals surface area contributed by atoms with Crippen LogP contribution in [0.4, 0.5) is 6.01 Å². The van der Waals surface area contributed by atoms with Crippen molar-refractivity contribution >= 4 is 6.01 Å². The van der Waals surface area contributed by atoms with Crippen LogP contribution in [-0.2, 0) is 6.54 Å². The molecule has 0 saturated carbocycles. The minimum atomic E-state index is 0.374. The summed E-state index contributed by atoms with van der Waals surface area (Å²) in [6, 6.07) is 15.7. The van der Waals surface area contributed by atoms with Gasteiger partial charge in [0.25, 0.3) is 0 Å². The van der Waals surface area contributed by atoms with E-state index < -0.39 is 0 Å². The lowest BCUT2D eigenvalue weighted by atomic mass is 10.2. The van der Waals surface area contributed by atoms with Crippen LogP contribution >= 0.6 is 0 Å². The second-order valence-corrected chi connectivity index (χ2v) is 4.86.